The molecule has 3 nitrogen and oxygen atoms in total. The molecule has 0 amide bonds. The Hall–Kier alpha value is -0.570. The number of aliphatic hydroxyl groups is 1. The summed E-state index contributed by atoms with van der Waals surface area (Å²) in [5, 5.41) is 8.52. The standard InChI is InChI=1S/C6H11NO2/c1-2-5-3-7-6(4-8)9-5/h5,8H,2-4H2,1H3. The Morgan fingerprint density at radius 2 is 2.67 bits per heavy atom. The van der Waals surface area contributed by atoms with E-state index in [0.717, 1.165) is 6.42 Å². The topological polar surface area (TPSA) is 41.8 Å². The molecular formula is C6H11NO2. The summed E-state index contributed by atoms with van der Waals surface area (Å²) in [6, 6.07) is 0. The highest BCUT2D eigenvalue weighted by atomic mass is 16.5. The molecule has 0 aromatic carbocycles. The number of rotatable bonds is 2. The molecule has 0 aromatic heterocycles. The van der Waals surface area contributed by atoms with Crippen LogP contribution in [0.3, 0.4) is 0 Å². The minimum absolute atomic E-state index is 0.0590. The molecular weight excluding hydrogens is 118 g/mol. The lowest BCUT2D eigenvalue weighted by Gasteiger charge is -2.05. The van der Waals surface area contributed by atoms with Crippen molar-refractivity contribution in [2.24, 2.45) is 4.99 Å². The Morgan fingerprint density at radius 3 is 3.00 bits per heavy atom. The first kappa shape index (κ1) is 6.55. The van der Waals surface area contributed by atoms with Gasteiger partial charge < -0.3 is 9.84 Å². The summed E-state index contributed by atoms with van der Waals surface area (Å²) < 4.78 is 5.16. The molecule has 1 unspecified atom stereocenters. The summed E-state index contributed by atoms with van der Waals surface area (Å²) in [4.78, 5) is 3.95. The Kier molecular flexibility index (Phi) is 2.05. The van der Waals surface area contributed by atoms with Crippen molar-refractivity contribution in [3.05, 3.63) is 0 Å². The highest BCUT2D eigenvalue weighted by Crippen LogP contribution is 2.06. The first-order valence-corrected chi connectivity index (χ1v) is 3.17. The molecule has 1 rings (SSSR count). The van der Waals surface area contributed by atoms with Crippen molar-refractivity contribution in [3.63, 3.8) is 0 Å². The largest absolute Gasteiger partial charge is 0.474 e. The molecule has 0 bridgehead atoms. The fraction of sp³-hybridized carbons (Fsp3) is 0.833. The summed E-state index contributed by atoms with van der Waals surface area (Å²) in [5.74, 6) is 0.488. The molecule has 1 atom stereocenters. The smallest absolute Gasteiger partial charge is 0.210 e. The maximum atomic E-state index is 8.52. The fourth-order valence-corrected chi connectivity index (χ4v) is 0.770. The number of ether oxygens (including phenoxy) is 1. The average molecular weight is 129 g/mol. The van der Waals surface area contributed by atoms with Crippen LogP contribution in [0.1, 0.15) is 13.3 Å². The third kappa shape index (κ3) is 1.42. The molecule has 0 saturated heterocycles. The SMILES string of the molecule is CCC1CN=C(CO)O1. The van der Waals surface area contributed by atoms with Crippen molar-refractivity contribution in [2.75, 3.05) is 13.2 Å². The lowest BCUT2D eigenvalue weighted by Crippen LogP contribution is -2.13. The van der Waals surface area contributed by atoms with Crippen molar-refractivity contribution < 1.29 is 9.84 Å². The van der Waals surface area contributed by atoms with Crippen molar-refractivity contribution in [3.8, 4) is 0 Å². The summed E-state index contributed by atoms with van der Waals surface area (Å²) in [5.41, 5.74) is 0. The van der Waals surface area contributed by atoms with Crippen molar-refractivity contribution in [1.82, 2.24) is 0 Å². The first-order valence-electron chi connectivity index (χ1n) is 3.17. The van der Waals surface area contributed by atoms with E-state index in [4.69, 9.17) is 9.84 Å². The second kappa shape index (κ2) is 2.82. The van der Waals surface area contributed by atoms with Crippen LogP contribution in [0.25, 0.3) is 0 Å². The van der Waals surface area contributed by atoms with Crippen LogP contribution in [0.2, 0.25) is 0 Å². The zero-order valence-electron chi connectivity index (χ0n) is 5.50. The molecule has 3 heteroatoms. The van der Waals surface area contributed by atoms with Crippen LogP contribution < -0.4 is 0 Å². The van der Waals surface area contributed by atoms with Crippen LogP contribution in [0.4, 0.5) is 0 Å². The Bertz CT molecular complexity index is 122. The van der Waals surface area contributed by atoms with E-state index in [2.05, 4.69) is 4.99 Å². The maximum Gasteiger partial charge on any atom is 0.210 e. The maximum absolute atomic E-state index is 8.52. The van der Waals surface area contributed by atoms with Crippen LogP contribution in [0.15, 0.2) is 4.99 Å². The van der Waals surface area contributed by atoms with Gasteiger partial charge in [-0.25, -0.2) is 4.99 Å². The van der Waals surface area contributed by atoms with Gasteiger partial charge in [-0.05, 0) is 6.42 Å². The Labute approximate surface area is 54.4 Å². The molecule has 0 spiro atoms. The highest BCUT2D eigenvalue weighted by molar-refractivity contribution is 5.78. The van der Waals surface area contributed by atoms with Crippen molar-refractivity contribution in [2.45, 2.75) is 19.4 Å². The van der Waals surface area contributed by atoms with E-state index in [1.165, 1.54) is 0 Å². The Balaban J connectivity index is 2.31. The van der Waals surface area contributed by atoms with Gasteiger partial charge in [0.2, 0.25) is 5.90 Å². The highest BCUT2D eigenvalue weighted by Gasteiger charge is 2.15. The molecule has 1 heterocycles. The van der Waals surface area contributed by atoms with Gasteiger partial charge >= 0.3 is 0 Å². The zero-order chi connectivity index (χ0) is 6.69. The van der Waals surface area contributed by atoms with Gasteiger partial charge in [-0.15, -0.1) is 0 Å². The molecule has 0 fully saturated rings. The minimum atomic E-state index is -0.0590. The number of nitrogens with zero attached hydrogens (tertiary/aromatic N) is 1. The third-order valence-corrected chi connectivity index (χ3v) is 1.36. The molecule has 0 aromatic rings. The van der Waals surface area contributed by atoms with Crippen LogP contribution in [-0.4, -0.2) is 30.3 Å². The predicted molar refractivity (Wildman–Crippen MR) is 34.6 cm³/mol. The van der Waals surface area contributed by atoms with Crippen LogP contribution >= 0.6 is 0 Å². The first-order chi connectivity index (χ1) is 4.36. The van der Waals surface area contributed by atoms with E-state index >= 15 is 0 Å². The minimum Gasteiger partial charge on any atom is -0.474 e. The predicted octanol–water partition coefficient (Wildman–Crippen LogP) is 0.186. The van der Waals surface area contributed by atoms with E-state index in [1.807, 2.05) is 6.92 Å². The van der Waals surface area contributed by atoms with E-state index < -0.39 is 0 Å². The molecule has 1 N–H and O–H groups in total. The van der Waals surface area contributed by atoms with Gasteiger partial charge in [0.25, 0.3) is 0 Å². The quantitative estimate of drug-likeness (QED) is 0.578. The number of hydrogen-bond donors (Lipinski definition) is 1. The molecule has 9 heavy (non-hydrogen) atoms. The molecule has 0 aliphatic carbocycles. The van der Waals surface area contributed by atoms with Crippen molar-refractivity contribution in [1.29, 1.82) is 0 Å². The van der Waals surface area contributed by atoms with Crippen molar-refractivity contribution >= 4 is 5.90 Å². The zero-order valence-corrected chi connectivity index (χ0v) is 5.50. The third-order valence-electron chi connectivity index (χ3n) is 1.36. The van der Waals surface area contributed by atoms with Gasteiger partial charge in [0, 0.05) is 0 Å². The normalized spacial score (nSPS) is 25.6. The van der Waals surface area contributed by atoms with E-state index in [-0.39, 0.29) is 12.7 Å². The monoisotopic (exact) mass is 129 g/mol. The van der Waals surface area contributed by atoms with Gasteiger partial charge in [0.05, 0.1) is 6.54 Å². The van der Waals surface area contributed by atoms with Gasteiger partial charge in [-0.2, -0.15) is 0 Å². The number of hydrogen-bond acceptors (Lipinski definition) is 3. The van der Waals surface area contributed by atoms with Gasteiger partial charge in [0.1, 0.15) is 12.7 Å². The summed E-state index contributed by atoms with van der Waals surface area (Å²) >= 11 is 0. The van der Waals surface area contributed by atoms with Gasteiger partial charge in [0.15, 0.2) is 0 Å². The second-order valence-electron chi connectivity index (χ2n) is 2.04. The summed E-state index contributed by atoms with van der Waals surface area (Å²) in [7, 11) is 0. The number of aliphatic hydroxyl groups excluding tert-OH is 1. The van der Waals surface area contributed by atoms with Crippen LogP contribution in [0, 0.1) is 0 Å². The molecule has 0 radical (unpaired) electrons. The fourth-order valence-electron chi connectivity index (χ4n) is 0.770. The molecule has 1 aliphatic rings. The van der Waals surface area contributed by atoms with Crippen LogP contribution in [-0.2, 0) is 4.74 Å². The lowest BCUT2D eigenvalue weighted by molar-refractivity contribution is 0.197. The number of aliphatic imine (C=N–C) groups is 1. The van der Waals surface area contributed by atoms with Crippen LogP contribution in [0.5, 0.6) is 0 Å². The van der Waals surface area contributed by atoms with E-state index in [1.54, 1.807) is 0 Å². The molecule has 52 valence electrons. The van der Waals surface area contributed by atoms with Gasteiger partial charge in [-0.1, -0.05) is 6.92 Å². The molecule has 1 aliphatic heterocycles. The second-order valence-corrected chi connectivity index (χ2v) is 2.04. The van der Waals surface area contributed by atoms with E-state index in [0.29, 0.717) is 12.4 Å². The average Bonchev–Trinajstić information content (AvgIpc) is 2.34. The lowest BCUT2D eigenvalue weighted by atomic mass is 10.3. The summed E-state index contributed by atoms with van der Waals surface area (Å²) in [6.07, 6.45) is 1.18. The Morgan fingerprint density at radius 1 is 1.89 bits per heavy atom. The van der Waals surface area contributed by atoms with E-state index in [9.17, 15) is 0 Å². The molecule has 0 saturated carbocycles. The summed E-state index contributed by atoms with van der Waals surface area (Å²) in [6.45, 7) is 2.70. The van der Waals surface area contributed by atoms with Gasteiger partial charge in [-0.3, -0.25) is 0 Å².